The van der Waals surface area contributed by atoms with Crippen molar-refractivity contribution in [3.8, 4) is 0 Å². The van der Waals surface area contributed by atoms with Crippen molar-refractivity contribution in [1.29, 1.82) is 0 Å². The molecule has 0 saturated carbocycles. The second-order valence-corrected chi connectivity index (χ2v) is 3.67. The van der Waals surface area contributed by atoms with E-state index in [4.69, 9.17) is 0 Å². The van der Waals surface area contributed by atoms with Crippen LogP contribution in [0.3, 0.4) is 0 Å². The molecule has 0 heterocycles. The lowest BCUT2D eigenvalue weighted by atomic mass is 9.78. The number of ketones is 2. The molecule has 15 heavy (non-hydrogen) atoms. The van der Waals surface area contributed by atoms with Crippen molar-refractivity contribution in [2.45, 2.75) is 19.8 Å². The standard InChI is InChI=1S/C13H12O2/c1-3-9-8(2)10-6-4-5-7-11(10)13(15)12(9)14/h3,5,7H,2,4,6H2,1H3/b9-3+. The number of hydrogen-bond acceptors (Lipinski definition) is 2. The van der Waals surface area contributed by atoms with E-state index in [1.54, 1.807) is 19.1 Å². The predicted molar refractivity (Wildman–Crippen MR) is 58.3 cm³/mol. The molecule has 76 valence electrons. The molecule has 0 N–H and O–H groups in total. The van der Waals surface area contributed by atoms with Crippen LogP contribution in [0, 0.1) is 0 Å². The fourth-order valence-electron chi connectivity index (χ4n) is 2.04. The van der Waals surface area contributed by atoms with Crippen LogP contribution in [0.5, 0.6) is 0 Å². The molecule has 0 aromatic rings. The number of hydrogen-bond donors (Lipinski definition) is 0. The Labute approximate surface area is 88.7 Å². The van der Waals surface area contributed by atoms with Gasteiger partial charge in [-0.15, -0.1) is 0 Å². The Kier molecular flexibility index (Phi) is 2.27. The van der Waals surface area contributed by atoms with Crippen LogP contribution in [0.4, 0.5) is 0 Å². The van der Waals surface area contributed by atoms with Gasteiger partial charge in [0, 0.05) is 11.1 Å². The van der Waals surface area contributed by atoms with Crippen molar-refractivity contribution in [1.82, 2.24) is 0 Å². The smallest absolute Gasteiger partial charge is 0.233 e. The average Bonchev–Trinajstić information content (AvgIpc) is 2.27. The molecule has 2 aliphatic rings. The molecule has 0 saturated heterocycles. The summed E-state index contributed by atoms with van der Waals surface area (Å²) in [7, 11) is 0. The fourth-order valence-corrected chi connectivity index (χ4v) is 2.04. The van der Waals surface area contributed by atoms with E-state index < -0.39 is 5.78 Å². The van der Waals surface area contributed by atoms with Crippen LogP contribution in [0.25, 0.3) is 0 Å². The number of carbonyl (C=O) groups excluding carboxylic acids is 2. The Bertz CT molecular complexity index is 459. The van der Waals surface area contributed by atoms with E-state index in [9.17, 15) is 9.59 Å². The van der Waals surface area contributed by atoms with Crippen LogP contribution in [0.1, 0.15) is 19.8 Å². The lowest BCUT2D eigenvalue weighted by molar-refractivity contribution is -0.132. The summed E-state index contributed by atoms with van der Waals surface area (Å²) < 4.78 is 0. The molecule has 0 unspecified atom stereocenters. The SMILES string of the molecule is C=C1C2=C(C=CCC2)C(=O)C(=O)/C1=C/C. The molecule has 0 aliphatic heterocycles. The van der Waals surface area contributed by atoms with Crippen molar-refractivity contribution in [3.05, 3.63) is 47.1 Å². The minimum absolute atomic E-state index is 0.388. The highest BCUT2D eigenvalue weighted by Gasteiger charge is 2.32. The monoisotopic (exact) mass is 200 g/mol. The van der Waals surface area contributed by atoms with Crippen molar-refractivity contribution in [2.75, 3.05) is 0 Å². The molecule has 2 nitrogen and oxygen atoms in total. The molecule has 0 aromatic heterocycles. The van der Waals surface area contributed by atoms with E-state index in [0.717, 1.165) is 24.0 Å². The summed E-state index contributed by atoms with van der Waals surface area (Å²) in [4.78, 5) is 23.4. The molecular formula is C13H12O2. The maximum atomic E-state index is 11.7. The Morgan fingerprint density at radius 3 is 2.73 bits per heavy atom. The molecule has 0 spiro atoms. The normalized spacial score (nSPS) is 23.8. The lowest BCUT2D eigenvalue weighted by Crippen LogP contribution is -2.26. The van der Waals surface area contributed by atoms with E-state index >= 15 is 0 Å². The van der Waals surface area contributed by atoms with Gasteiger partial charge in [0.2, 0.25) is 11.6 Å². The van der Waals surface area contributed by atoms with Gasteiger partial charge >= 0.3 is 0 Å². The minimum atomic E-state index is -0.423. The first kappa shape index (κ1) is 9.84. The fraction of sp³-hybridized carbons (Fsp3) is 0.231. The lowest BCUT2D eigenvalue weighted by Gasteiger charge is -2.23. The van der Waals surface area contributed by atoms with E-state index in [0.29, 0.717) is 11.1 Å². The summed E-state index contributed by atoms with van der Waals surface area (Å²) in [5, 5.41) is 0. The molecule has 0 amide bonds. The first-order valence-electron chi connectivity index (χ1n) is 5.01. The predicted octanol–water partition coefficient (Wildman–Crippen LogP) is 2.29. The Morgan fingerprint density at radius 1 is 1.33 bits per heavy atom. The third-order valence-electron chi connectivity index (χ3n) is 2.84. The second-order valence-electron chi connectivity index (χ2n) is 3.67. The third kappa shape index (κ3) is 1.33. The molecular weight excluding hydrogens is 188 g/mol. The van der Waals surface area contributed by atoms with Crippen LogP contribution in [-0.2, 0) is 9.59 Å². The van der Waals surface area contributed by atoms with Crippen molar-refractivity contribution >= 4 is 11.6 Å². The van der Waals surface area contributed by atoms with Crippen molar-refractivity contribution in [3.63, 3.8) is 0 Å². The number of carbonyl (C=O) groups is 2. The van der Waals surface area contributed by atoms with Crippen LogP contribution < -0.4 is 0 Å². The maximum absolute atomic E-state index is 11.7. The van der Waals surface area contributed by atoms with E-state index in [-0.39, 0.29) is 5.78 Å². The molecule has 0 fully saturated rings. The van der Waals surface area contributed by atoms with Crippen molar-refractivity contribution in [2.24, 2.45) is 0 Å². The van der Waals surface area contributed by atoms with Crippen LogP contribution in [0.15, 0.2) is 47.1 Å². The molecule has 2 heteroatoms. The van der Waals surface area contributed by atoms with Gasteiger partial charge in [0.1, 0.15) is 0 Å². The zero-order chi connectivity index (χ0) is 11.0. The molecule has 2 aliphatic carbocycles. The van der Waals surface area contributed by atoms with Crippen LogP contribution >= 0.6 is 0 Å². The van der Waals surface area contributed by atoms with Gasteiger partial charge in [-0.2, -0.15) is 0 Å². The topological polar surface area (TPSA) is 34.1 Å². The van der Waals surface area contributed by atoms with Gasteiger partial charge in [-0.3, -0.25) is 9.59 Å². The number of rotatable bonds is 0. The quantitative estimate of drug-likeness (QED) is 0.444. The summed E-state index contributed by atoms with van der Waals surface area (Å²) >= 11 is 0. The minimum Gasteiger partial charge on any atom is -0.285 e. The van der Waals surface area contributed by atoms with E-state index in [1.165, 1.54) is 0 Å². The Balaban J connectivity index is 2.62. The molecule has 0 bridgehead atoms. The van der Waals surface area contributed by atoms with Crippen LogP contribution in [0.2, 0.25) is 0 Å². The summed E-state index contributed by atoms with van der Waals surface area (Å²) in [6.07, 6.45) is 7.07. The van der Waals surface area contributed by atoms with Gasteiger partial charge in [-0.1, -0.05) is 24.8 Å². The van der Waals surface area contributed by atoms with E-state index in [2.05, 4.69) is 6.58 Å². The summed E-state index contributed by atoms with van der Waals surface area (Å²) in [5.74, 6) is -0.811. The van der Waals surface area contributed by atoms with Gasteiger partial charge < -0.3 is 0 Å². The molecule has 0 radical (unpaired) electrons. The summed E-state index contributed by atoms with van der Waals surface area (Å²) in [6, 6.07) is 0. The first-order valence-corrected chi connectivity index (χ1v) is 5.01. The Hall–Kier alpha value is -1.70. The first-order chi connectivity index (χ1) is 7.16. The summed E-state index contributed by atoms with van der Waals surface area (Å²) in [6.45, 7) is 5.66. The highest BCUT2D eigenvalue weighted by molar-refractivity contribution is 6.52. The maximum Gasteiger partial charge on any atom is 0.233 e. The van der Waals surface area contributed by atoms with E-state index in [1.807, 2.05) is 6.08 Å². The zero-order valence-electron chi connectivity index (χ0n) is 8.67. The zero-order valence-corrected chi connectivity index (χ0v) is 8.67. The average molecular weight is 200 g/mol. The van der Waals surface area contributed by atoms with Gasteiger partial charge in [0.15, 0.2) is 0 Å². The van der Waals surface area contributed by atoms with Gasteiger partial charge in [-0.25, -0.2) is 0 Å². The third-order valence-corrected chi connectivity index (χ3v) is 2.84. The Morgan fingerprint density at radius 2 is 2.07 bits per heavy atom. The second kappa shape index (κ2) is 3.46. The van der Waals surface area contributed by atoms with Gasteiger partial charge in [0.25, 0.3) is 0 Å². The summed E-state index contributed by atoms with van der Waals surface area (Å²) in [5.41, 5.74) is 2.67. The van der Waals surface area contributed by atoms with Crippen LogP contribution in [-0.4, -0.2) is 11.6 Å². The highest BCUT2D eigenvalue weighted by atomic mass is 16.2. The molecule has 2 rings (SSSR count). The van der Waals surface area contributed by atoms with Crippen molar-refractivity contribution < 1.29 is 9.59 Å². The number of allylic oxidation sites excluding steroid dienone is 7. The van der Waals surface area contributed by atoms with Gasteiger partial charge in [0.05, 0.1) is 0 Å². The molecule has 0 aromatic carbocycles. The molecule has 0 atom stereocenters. The largest absolute Gasteiger partial charge is 0.285 e. The highest BCUT2D eigenvalue weighted by Crippen LogP contribution is 2.34. The van der Waals surface area contributed by atoms with Gasteiger partial charge in [-0.05, 0) is 30.9 Å². The number of Topliss-reactive ketones (excluding diaryl/α,β-unsaturated/α-hetero) is 2.